The molecule has 1 aliphatic rings. The fourth-order valence-corrected chi connectivity index (χ4v) is 2.37. The number of aliphatic hydroxyl groups is 4. The fraction of sp³-hybridized carbons (Fsp3) is 0.533. The SMILES string of the molecule is CCOC(=O)OC[C@H]1O[C@](O)(c2ccccc2)[C@H](O)[C@@H](O)[C@@H]1O. The van der Waals surface area contributed by atoms with Gasteiger partial charge in [-0.1, -0.05) is 30.3 Å². The molecule has 5 atom stereocenters. The molecule has 1 aliphatic heterocycles. The van der Waals surface area contributed by atoms with E-state index in [0.29, 0.717) is 0 Å². The van der Waals surface area contributed by atoms with Crippen LogP contribution in [0.4, 0.5) is 4.79 Å². The molecule has 8 nitrogen and oxygen atoms in total. The van der Waals surface area contributed by atoms with Crippen LogP contribution >= 0.6 is 0 Å². The lowest BCUT2D eigenvalue weighted by Gasteiger charge is -2.45. The maximum absolute atomic E-state index is 11.2. The first-order valence-electron chi connectivity index (χ1n) is 7.19. The molecule has 1 saturated heterocycles. The maximum Gasteiger partial charge on any atom is 0.508 e. The van der Waals surface area contributed by atoms with E-state index in [1.807, 2.05) is 0 Å². The van der Waals surface area contributed by atoms with Gasteiger partial charge in [0.1, 0.15) is 31.0 Å². The first kappa shape index (κ1) is 17.6. The van der Waals surface area contributed by atoms with E-state index in [-0.39, 0.29) is 12.2 Å². The predicted octanol–water partition coefficient (Wildman–Crippen LogP) is -0.514. The number of rotatable bonds is 4. The van der Waals surface area contributed by atoms with E-state index in [1.165, 1.54) is 12.1 Å². The molecule has 1 fully saturated rings. The molecule has 0 radical (unpaired) electrons. The van der Waals surface area contributed by atoms with Gasteiger partial charge in [-0.15, -0.1) is 0 Å². The molecule has 8 heteroatoms. The second kappa shape index (κ2) is 7.24. The van der Waals surface area contributed by atoms with Crippen LogP contribution in [-0.2, 0) is 20.0 Å². The molecule has 4 N–H and O–H groups in total. The van der Waals surface area contributed by atoms with Crippen LogP contribution in [0.5, 0.6) is 0 Å². The van der Waals surface area contributed by atoms with Gasteiger partial charge in [0.15, 0.2) is 0 Å². The van der Waals surface area contributed by atoms with Gasteiger partial charge in [-0.05, 0) is 6.92 Å². The molecule has 1 aromatic carbocycles. The largest absolute Gasteiger partial charge is 0.508 e. The van der Waals surface area contributed by atoms with Crippen molar-refractivity contribution >= 4 is 6.16 Å². The van der Waals surface area contributed by atoms with E-state index in [4.69, 9.17) is 9.47 Å². The van der Waals surface area contributed by atoms with Crippen molar-refractivity contribution in [2.75, 3.05) is 13.2 Å². The zero-order chi connectivity index (χ0) is 17.0. The molecule has 0 aromatic heterocycles. The third kappa shape index (κ3) is 3.62. The first-order chi connectivity index (χ1) is 10.9. The molecule has 128 valence electrons. The van der Waals surface area contributed by atoms with Gasteiger partial charge in [0.2, 0.25) is 5.79 Å². The van der Waals surface area contributed by atoms with Crippen molar-refractivity contribution in [3.63, 3.8) is 0 Å². The highest BCUT2D eigenvalue weighted by molar-refractivity contribution is 5.59. The molecular formula is C15H20O8. The summed E-state index contributed by atoms with van der Waals surface area (Å²) in [6, 6.07) is 7.93. The second-order valence-electron chi connectivity index (χ2n) is 5.14. The normalized spacial score (nSPS) is 34.0. The van der Waals surface area contributed by atoms with Crippen LogP contribution in [-0.4, -0.2) is 64.2 Å². The number of aliphatic hydroxyl groups excluding tert-OH is 3. The maximum atomic E-state index is 11.2. The van der Waals surface area contributed by atoms with Gasteiger partial charge in [0, 0.05) is 5.56 Å². The standard InChI is InChI=1S/C15H20O8/c1-2-21-14(19)22-8-10-11(16)12(17)13(18)15(20,23-10)9-6-4-3-5-7-9/h3-7,10-13,16-18,20H,2,8H2,1H3/t10-,11-,12+,13-,15-/m1/s1. The lowest BCUT2D eigenvalue weighted by molar-refractivity contribution is -0.357. The van der Waals surface area contributed by atoms with Crippen molar-refractivity contribution in [3.8, 4) is 0 Å². The van der Waals surface area contributed by atoms with Crippen molar-refractivity contribution < 1.29 is 39.4 Å². The topological polar surface area (TPSA) is 126 Å². The average molecular weight is 328 g/mol. The van der Waals surface area contributed by atoms with Crippen LogP contribution < -0.4 is 0 Å². The van der Waals surface area contributed by atoms with Gasteiger partial charge in [-0.25, -0.2) is 4.79 Å². The lowest BCUT2D eigenvalue weighted by atomic mass is 9.88. The molecule has 1 aromatic rings. The Morgan fingerprint density at radius 3 is 2.43 bits per heavy atom. The molecule has 0 spiro atoms. The van der Waals surface area contributed by atoms with Crippen LogP contribution in [0.1, 0.15) is 12.5 Å². The molecule has 23 heavy (non-hydrogen) atoms. The van der Waals surface area contributed by atoms with Crippen LogP contribution in [0, 0.1) is 0 Å². The van der Waals surface area contributed by atoms with Crippen LogP contribution in [0.3, 0.4) is 0 Å². The van der Waals surface area contributed by atoms with E-state index in [0.717, 1.165) is 0 Å². The Hall–Kier alpha value is -1.71. The van der Waals surface area contributed by atoms with E-state index in [1.54, 1.807) is 25.1 Å². The summed E-state index contributed by atoms with van der Waals surface area (Å²) in [5, 5.41) is 40.6. The zero-order valence-corrected chi connectivity index (χ0v) is 12.5. The second-order valence-corrected chi connectivity index (χ2v) is 5.14. The summed E-state index contributed by atoms with van der Waals surface area (Å²) < 4.78 is 14.7. The Balaban J connectivity index is 2.16. The van der Waals surface area contributed by atoms with Crippen molar-refractivity contribution in [1.29, 1.82) is 0 Å². The Kier molecular flexibility index (Phi) is 5.55. The number of carbonyl (C=O) groups is 1. The number of benzene rings is 1. The Bertz CT molecular complexity index is 521. The summed E-state index contributed by atoms with van der Waals surface area (Å²) >= 11 is 0. The van der Waals surface area contributed by atoms with Crippen LogP contribution in [0.2, 0.25) is 0 Å². The fourth-order valence-electron chi connectivity index (χ4n) is 2.37. The molecule has 0 saturated carbocycles. The molecule has 1 heterocycles. The molecule has 0 unspecified atom stereocenters. The number of hydrogen-bond acceptors (Lipinski definition) is 8. The van der Waals surface area contributed by atoms with E-state index in [9.17, 15) is 25.2 Å². The van der Waals surface area contributed by atoms with Crippen molar-refractivity contribution in [2.45, 2.75) is 37.1 Å². The van der Waals surface area contributed by atoms with Gasteiger partial charge < -0.3 is 34.6 Å². The van der Waals surface area contributed by atoms with Crippen molar-refractivity contribution in [1.82, 2.24) is 0 Å². The monoisotopic (exact) mass is 328 g/mol. The van der Waals surface area contributed by atoms with Gasteiger partial charge in [0.05, 0.1) is 6.61 Å². The highest BCUT2D eigenvalue weighted by Crippen LogP contribution is 2.36. The summed E-state index contributed by atoms with van der Waals surface area (Å²) in [5.41, 5.74) is 0.194. The summed E-state index contributed by atoms with van der Waals surface area (Å²) in [4.78, 5) is 11.2. The molecule has 0 bridgehead atoms. The van der Waals surface area contributed by atoms with Crippen molar-refractivity contribution in [3.05, 3.63) is 35.9 Å². The van der Waals surface area contributed by atoms with E-state index < -0.39 is 43.0 Å². The molecule has 0 amide bonds. The highest BCUT2D eigenvalue weighted by Gasteiger charge is 2.54. The van der Waals surface area contributed by atoms with Gasteiger partial charge >= 0.3 is 6.16 Å². The minimum Gasteiger partial charge on any atom is -0.435 e. The molecule has 0 aliphatic carbocycles. The summed E-state index contributed by atoms with van der Waals surface area (Å²) in [7, 11) is 0. The third-order valence-corrected chi connectivity index (χ3v) is 3.60. The van der Waals surface area contributed by atoms with Crippen molar-refractivity contribution in [2.24, 2.45) is 0 Å². The Labute approximate surface area is 132 Å². The summed E-state index contributed by atoms with van der Waals surface area (Å²) in [6.45, 7) is 1.25. The minimum absolute atomic E-state index is 0.113. The smallest absolute Gasteiger partial charge is 0.435 e. The zero-order valence-electron chi connectivity index (χ0n) is 12.5. The minimum atomic E-state index is -2.25. The Morgan fingerprint density at radius 2 is 1.83 bits per heavy atom. The number of carbonyl (C=O) groups excluding carboxylic acids is 1. The highest BCUT2D eigenvalue weighted by atomic mass is 16.7. The van der Waals surface area contributed by atoms with Gasteiger partial charge in [-0.3, -0.25) is 0 Å². The lowest BCUT2D eigenvalue weighted by Crippen LogP contribution is -2.63. The first-order valence-corrected chi connectivity index (χ1v) is 7.19. The van der Waals surface area contributed by atoms with Gasteiger partial charge in [0.25, 0.3) is 0 Å². The van der Waals surface area contributed by atoms with Crippen LogP contribution in [0.25, 0.3) is 0 Å². The van der Waals surface area contributed by atoms with E-state index in [2.05, 4.69) is 4.74 Å². The summed E-state index contributed by atoms with van der Waals surface area (Å²) in [6.07, 6.45) is -7.23. The average Bonchev–Trinajstić information content (AvgIpc) is 2.56. The van der Waals surface area contributed by atoms with Gasteiger partial charge in [-0.2, -0.15) is 0 Å². The number of ether oxygens (including phenoxy) is 3. The molecule has 2 rings (SSSR count). The predicted molar refractivity (Wildman–Crippen MR) is 76.2 cm³/mol. The quantitative estimate of drug-likeness (QED) is 0.544. The summed E-state index contributed by atoms with van der Waals surface area (Å²) in [5.74, 6) is -2.25. The van der Waals surface area contributed by atoms with E-state index >= 15 is 0 Å². The van der Waals surface area contributed by atoms with Crippen LogP contribution in [0.15, 0.2) is 30.3 Å². The number of hydrogen-bond donors (Lipinski definition) is 4. The Morgan fingerprint density at radius 1 is 1.17 bits per heavy atom. The molecular weight excluding hydrogens is 308 g/mol. The third-order valence-electron chi connectivity index (χ3n) is 3.60.